The van der Waals surface area contributed by atoms with Crippen molar-refractivity contribution >= 4 is 17.4 Å². The average molecular weight is 350 g/mol. The zero-order valence-corrected chi connectivity index (χ0v) is 15.0. The molecule has 1 N–H and O–H groups in total. The van der Waals surface area contributed by atoms with Crippen LogP contribution >= 0.6 is 11.5 Å². The van der Waals surface area contributed by atoms with Gasteiger partial charge < -0.3 is 10.2 Å². The predicted octanol–water partition coefficient (Wildman–Crippen LogP) is 1.64. The van der Waals surface area contributed by atoms with Crippen molar-refractivity contribution in [3.8, 4) is 0 Å². The Morgan fingerprint density at radius 3 is 3.00 bits per heavy atom. The van der Waals surface area contributed by atoms with Crippen LogP contribution < -0.4 is 5.32 Å². The molecule has 6 nitrogen and oxygen atoms in total. The largest absolute Gasteiger partial charge is 0.352 e. The molecular formula is C17H27N5OS. The molecule has 1 amide bonds. The number of carbonyl (C=O) groups excluding carboxylic acids is 1. The molecule has 4 rings (SSSR count). The second kappa shape index (κ2) is 7.45. The summed E-state index contributed by atoms with van der Waals surface area (Å²) in [6.45, 7) is 4.45. The third kappa shape index (κ3) is 3.63. The minimum absolute atomic E-state index is 0.242. The standard InChI is InChI=1S/C17H27N5OS/c23-17(4-3-9-21-7-1-2-8-21)19-15-10-13-5-6-16(15)22(13)12-14-11-18-20-24-14/h11,13,15-16H,1-10,12H2,(H,19,23)/t13-,15+,16+/m0/s1. The van der Waals surface area contributed by atoms with E-state index in [0.29, 0.717) is 24.5 Å². The molecule has 0 saturated carbocycles. The highest BCUT2D eigenvalue weighted by Crippen LogP contribution is 2.39. The molecule has 1 aromatic heterocycles. The monoisotopic (exact) mass is 349 g/mol. The van der Waals surface area contributed by atoms with Gasteiger partial charge >= 0.3 is 0 Å². The van der Waals surface area contributed by atoms with Gasteiger partial charge in [-0.25, -0.2) is 0 Å². The van der Waals surface area contributed by atoms with Crippen LogP contribution in [0, 0.1) is 0 Å². The Hall–Kier alpha value is -1.05. The fourth-order valence-electron chi connectivity index (χ4n) is 4.69. The Kier molecular flexibility index (Phi) is 5.10. The number of aromatic nitrogens is 2. The molecule has 0 aromatic carbocycles. The lowest BCUT2D eigenvalue weighted by Crippen LogP contribution is -2.43. The van der Waals surface area contributed by atoms with E-state index in [-0.39, 0.29) is 5.91 Å². The van der Waals surface area contributed by atoms with Crippen LogP contribution in [0.2, 0.25) is 0 Å². The summed E-state index contributed by atoms with van der Waals surface area (Å²) in [5, 5.41) is 7.25. The molecule has 2 bridgehead atoms. The number of likely N-dealkylation sites (tertiary alicyclic amines) is 1. The molecule has 3 fully saturated rings. The van der Waals surface area contributed by atoms with Crippen molar-refractivity contribution in [2.75, 3.05) is 19.6 Å². The van der Waals surface area contributed by atoms with E-state index in [1.807, 2.05) is 6.20 Å². The number of hydrogen-bond donors (Lipinski definition) is 1. The van der Waals surface area contributed by atoms with Crippen molar-refractivity contribution in [1.82, 2.24) is 24.7 Å². The molecule has 132 valence electrons. The van der Waals surface area contributed by atoms with E-state index in [2.05, 4.69) is 24.7 Å². The number of fused-ring (bicyclic) bond motifs is 2. The van der Waals surface area contributed by atoms with Crippen LogP contribution in [-0.4, -0.2) is 63.1 Å². The van der Waals surface area contributed by atoms with Crippen LogP contribution in [0.15, 0.2) is 6.20 Å². The molecule has 3 atom stereocenters. The van der Waals surface area contributed by atoms with E-state index in [4.69, 9.17) is 0 Å². The molecule has 24 heavy (non-hydrogen) atoms. The summed E-state index contributed by atoms with van der Waals surface area (Å²) >= 11 is 1.49. The number of carbonyl (C=O) groups is 1. The zero-order valence-electron chi connectivity index (χ0n) is 14.2. The van der Waals surface area contributed by atoms with Crippen LogP contribution in [0.3, 0.4) is 0 Å². The highest BCUT2D eigenvalue weighted by atomic mass is 32.1. The van der Waals surface area contributed by atoms with E-state index in [0.717, 1.165) is 25.9 Å². The lowest BCUT2D eigenvalue weighted by Gasteiger charge is -2.24. The van der Waals surface area contributed by atoms with Crippen molar-refractivity contribution in [2.24, 2.45) is 0 Å². The lowest BCUT2D eigenvalue weighted by atomic mass is 9.95. The third-order valence-electron chi connectivity index (χ3n) is 5.85. The second-order valence-corrected chi connectivity index (χ2v) is 8.29. The molecule has 7 heteroatoms. The van der Waals surface area contributed by atoms with Crippen LogP contribution in [-0.2, 0) is 11.3 Å². The molecule has 0 unspecified atom stereocenters. The highest BCUT2D eigenvalue weighted by Gasteiger charge is 2.46. The van der Waals surface area contributed by atoms with Crippen LogP contribution in [0.5, 0.6) is 0 Å². The molecular weight excluding hydrogens is 322 g/mol. The van der Waals surface area contributed by atoms with Crippen LogP contribution in [0.1, 0.15) is 49.8 Å². The minimum atomic E-state index is 0.242. The molecule has 3 aliphatic heterocycles. The first-order chi connectivity index (χ1) is 11.8. The van der Waals surface area contributed by atoms with Gasteiger partial charge in [-0.3, -0.25) is 9.69 Å². The summed E-state index contributed by atoms with van der Waals surface area (Å²) in [7, 11) is 0. The topological polar surface area (TPSA) is 61.4 Å². The first kappa shape index (κ1) is 16.4. The van der Waals surface area contributed by atoms with Gasteiger partial charge in [-0.15, -0.1) is 5.10 Å². The molecule has 4 heterocycles. The van der Waals surface area contributed by atoms with Gasteiger partial charge in [0.15, 0.2) is 0 Å². The fraction of sp³-hybridized carbons (Fsp3) is 0.824. The average Bonchev–Trinajstić information content (AvgIpc) is 3.34. The number of rotatable bonds is 7. The molecule has 1 aromatic rings. The minimum Gasteiger partial charge on any atom is -0.352 e. The van der Waals surface area contributed by atoms with Gasteiger partial charge in [0.25, 0.3) is 0 Å². The Morgan fingerprint density at radius 1 is 1.33 bits per heavy atom. The summed E-state index contributed by atoms with van der Waals surface area (Å²) in [5.74, 6) is 0.242. The maximum atomic E-state index is 12.3. The summed E-state index contributed by atoms with van der Waals surface area (Å²) < 4.78 is 3.96. The maximum Gasteiger partial charge on any atom is 0.220 e. The fourth-order valence-corrected chi connectivity index (χ4v) is 5.19. The van der Waals surface area contributed by atoms with Gasteiger partial charge in [0.2, 0.25) is 5.91 Å². The molecule has 0 spiro atoms. The van der Waals surface area contributed by atoms with E-state index < -0.39 is 0 Å². The summed E-state index contributed by atoms with van der Waals surface area (Å²) in [4.78, 5) is 18.6. The first-order valence-corrected chi connectivity index (χ1v) is 10.1. The number of nitrogens with zero attached hydrogens (tertiary/aromatic N) is 4. The van der Waals surface area contributed by atoms with Gasteiger partial charge in [0.1, 0.15) is 0 Å². The van der Waals surface area contributed by atoms with Crippen molar-refractivity contribution in [3.05, 3.63) is 11.1 Å². The van der Waals surface area contributed by atoms with Gasteiger partial charge in [-0.2, -0.15) is 0 Å². The maximum absolute atomic E-state index is 12.3. The summed E-state index contributed by atoms with van der Waals surface area (Å²) in [5.41, 5.74) is 0. The lowest BCUT2D eigenvalue weighted by molar-refractivity contribution is -0.122. The van der Waals surface area contributed by atoms with E-state index in [1.165, 1.54) is 55.2 Å². The molecule has 0 aliphatic carbocycles. The Labute approximate surface area is 147 Å². The number of hydrogen-bond acceptors (Lipinski definition) is 6. The normalized spacial score (nSPS) is 30.2. The predicted molar refractivity (Wildman–Crippen MR) is 93.7 cm³/mol. The van der Waals surface area contributed by atoms with E-state index >= 15 is 0 Å². The van der Waals surface area contributed by atoms with Gasteiger partial charge in [0.05, 0.1) is 11.1 Å². The highest BCUT2D eigenvalue weighted by molar-refractivity contribution is 7.05. The van der Waals surface area contributed by atoms with Crippen LogP contribution in [0.4, 0.5) is 0 Å². The molecule has 0 radical (unpaired) electrons. The molecule has 3 aliphatic rings. The Bertz CT molecular complexity index is 545. The smallest absolute Gasteiger partial charge is 0.220 e. The Morgan fingerprint density at radius 2 is 2.21 bits per heavy atom. The Balaban J connectivity index is 1.23. The molecule has 3 saturated heterocycles. The van der Waals surface area contributed by atoms with E-state index in [9.17, 15) is 4.79 Å². The van der Waals surface area contributed by atoms with Crippen LogP contribution in [0.25, 0.3) is 0 Å². The summed E-state index contributed by atoms with van der Waals surface area (Å²) in [6, 6.07) is 1.45. The van der Waals surface area contributed by atoms with Crippen molar-refractivity contribution in [1.29, 1.82) is 0 Å². The second-order valence-electron chi connectivity index (χ2n) is 7.42. The van der Waals surface area contributed by atoms with Gasteiger partial charge in [-0.1, -0.05) is 4.49 Å². The van der Waals surface area contributed by atoms with Crippen molar-refractivity contribution < 1.29 is 4.79 Å². The van der Waals surface area contributed by atoms with Gasteiger partial charge in [-0.05, 0) is 69.7 Å². The van der Waals surface area contributed by atoms with Crippen molar-refractivity contribution in [2.45, 2.75) is 69.6 Å². The number of amides is 1. The quantitative estimate of drug-likeness (QED) is 0.811. The van der Waals surface area contributed by atoms with Crippen molar-refractivity contribution in [3.63, 3.8) is 0 Å². The summed E-state index contributed by atoms with van der Waals surface area (Å²) in [6.07, 6.45) is 9.74. The third-order valence-corrected chi connectivity index (χ3v) is 6.49. The first-order valence-electron chi connectivity index (χ1n) is 9.33. The van der Waals surface area contributed by atoms with E-state index in [1.54, 1.807) is 0 Å². The van der Waals surface area contributed by atoms with Gasteiger partial charge in [0, 0.05) is 31.1 Å². The number of nitrogens with one attached hydrogen (secondary N) is 1. The zero-order chi connectivity index (χ0) is 16.4. The SMILES string of the molecule is O=C(CCCN1CCCC1)N[C@@H]1C[C@@H]2CC[C@H]1N2Cc1cnns1.